The Morgan fingerprint density at radius 3 is 2.62 bits per heavy atom. The largest absolute Gasteiger partial charge is 0.494 e. The first-order valence-corrected chi connectivity index (χ1v) is 5.58. The zero-order chi connectivity index (χ0) is 11.6. The van der Waals surface area contributed by atoms with Gasteiger partial charge in [0.25, 0.3) is 0 Å². The Balaban J connectivity index is 2.01. The molecule has 0 aliphatic heterocycles. The fourth-order valence-corrected chi connectivity index (χ4v) is 1.38. The van der Waals surface area contributed by atoms with E-state index >= 15 is 0 Å². The van der Waals surface area contributed by atoms with Gasteiger partial charge in [0, 0.05) is 5.57 Å². The molecule has 0 saturated carbocycles. The van der Waals surface area contributed by atoms with Crippen molar-refractivity contribution in [2.75, 3.05) is 6.61 Å². The maximum atomic E-state index is 8.51. The van der Waals surface area contributed by atoms with Crippen molar-refractivity contribution in [3.63, 3.8) is 0 Å². The third-order valence-electron chi connectivity index (χ3n) is 2.29. The number of unbranched alkanes of at least 4 members (excludes halogenated alkanes) is 2. The molecule has 0 heterocycles. The van der Waals surface area contributed by atoms with Crippen LogP contribution >= 0.6 is 0 Å². The molecule has 0 saturated heterocycles. The first-order chi connectivity index (χ1) is 7.83. The summed E-state index contributed by atoms with van der Waals surface area (Å²) >= 11 is 0. The summed E-state index contributed by atoms with van der Waals surface area (Å²) in [6, 6.07) is 11.9. The minimum Gasteiger partial charge on any atom is -0.494 e. The molecule has 16 heavy (non-hydrogen) atoms. The number of allylic oxidation sites excluding steroid dienone is 1. The Hall–Kier alpha value is -1.75. The summed E-state index contributed by atoms with van der Waals surface area (Å²) in [5.74, 6) is 0.920. The highest BCUT2D eigenvalue weighted by atomic mass is 16.5. The highest BCUT2D eigenvalue weighted by Crippen LogP contribution is 2.10. The number of hydrogen-bond acceptors (Lipinski definition) is 2. The van der Waals surface area contributed by atoms with Crippen molar-refractivity contribution in [3.05, 3.63) is 42.5 Å². The van der Waals surface area contributed by atoms with E-state index in [1.54, 1.807) is 0 Å². The van der Waals surface area contributed by atoms with Gasteiger partial charge in [-0.15, -0.1) is 0 Å². The van der Waals surface area contributed by atoms with Gasteiger partial charge in [-0.3, -0.25) is 0 Å². The Kier molecular flexibility index (Phi) is 5.80. The second-order valence-corrected chi connectivity index (χ2v) is 3.69. The van der Waals surface area contributed by atoms with Gasteiger partial charge in [-0.1, -0.05) is 24.8 Å². The molecule has 1 aromatic carbocycles. The molecule has 0 amide bonds. The Bertz CT molecular complexity index is 351. The van der Waals surface area contributed by atoms with Gasteiger partial charge in [0.2, 0.25) is 0 Å². The van der Waals surface area contributed by atoms with Crippen molar-refractivity contribution in [2.24, 2.45) is 0 Å². The molecule has 0 bridgehead atoms. The molecular weight excluding hydrogens is 198 g/mol. The summed E-state index contributed by atoms with van der Waals surface area (Å²) in [7, 11) is 0. The van der Waals surface area contributed by atoms with Crippen molar-refractivity contribution in [2.45, 2.75) is 25.7 Å². The summed E-state index contributed by atoms with van der Waals surface area (Å²) in [6.45, 7) is 4.39. The fourth-order valence-electron chi connectivity index (χ4n) is 1.38. The van der Waals surface area contributed by atoms with E-state index in [9.17, 15) is 0 Å². The molecule has 84 valence electrons. The molecule has 0 fully saturated rings. The van der Waals surface area contributed by atoms with Crippen LogP contribution in [0.15, 0.2) is 42.5 Å². The van der Waals surface area contributed by atoms with Gasteiger partial charge in [0.05, 0.1) is 12.7 Å². The molecule has 1 rings (SSSR count). The van der Waals surface area contributed by atoms with Crippen LogP contribution in [0, 0.1) is 11.3 Å². The molecule has 0 radical (unpaired) electrons. The van der Waals surface area contributed by atoms with Crippen LogP contribution in [0.4, 0.5) is 0 Å². The summed E-state index contributed by atoms with van der Waals surface area (Å²) < 4.78 is 5.55. The molecule has 0 spiro atoms. The van der Waals surface area contributed by atoms with E-state index in [1.165, 1.54) is 0 Å². The van der Waals surface area contributed by atoms with Crippen LogP contribution < -0.4 is 4.74 Å². The van der Waals surface area contributed by atoms with Gasteiger partial charge in [0.15, 0.2) is 0 Å². The lowest BCUT2D eigenvalue weighted by Crippen LogP contribution is -1.96. The molecule has 0 atom stereocenters. The minimum absolute atomic E-state index is 0.670. The van der Waals surface area contributed by atoms with E-state index in [0.29, 0.717) is 5.57 Å². The van der Waals surface area contributed by atoms with Crippen LogP contribution in [0.5, 0.6) is 5.75 Å². The Morgan fingerprint density at radius 2 is 1.94 bits per heavy atom. The predicted molar refractivity (Wildman–Crippen MR) is 65.2 cm³/mol. The standard InChI is InChI=1S/C14H17NO/c1-13(12-15)8-4-3-7-11-16-14-9-5-2-6-10-14/h2,5-6,9-10H,1,3-4,7-8,11H2. The van der Waals surface area contributed by atoms with E-state index in [2.05, 4.69) is 12.6 Å². The van der Waals surface area contributed by atoms with Crippen molar-refractivity contribution in [1.29, 1.82) is 5.26 Å². The third kappa shape index (κ3) is 5.21. The van der Waals surface area contributed by atoms with Crippen LogP contribution in [0.1, 0.15) is 25.7 Å². The van der Waals surface area contributed by atoms with Gasteiger partial charge in [-0.05, 0) is 37.8 Å². The lowest BCUT2D eigenvalue weighted by molar-refractivity contribution is 0.305. The van der Waals surface area contributed by atoms with Gasteiger partial charge in [-0.25, -0.2) is 0 Å². The number of para-hydroxylation sites is 1. The average molecular weight is 215 g/mol. The summed E-state index contributed by atoms with van der Waals surface area (Å²) in [5, 5.41) is 8.51. The van der Waals surface area contributed by atoms with Crippen LogP contribution in [-0.4, -0.2) is 6.61 Å². The van der Waals surface area contributed by atoms with Crippen molar-refractivity contribution in [3.8, 4) is 11.8 Å². The topological polar surface area (TPSA) is 33.0 Å². The molecule has 2 heteroatoms. The second-order valence-electron chi connectivity index (χ2n) is 3.69. The van der Waals surface area contributed by atoms with Gasteiger partial charge < -0.3 is 4.74 Å². The van der Waals surface area contributed by atoms with Gasteiger partial charge in [0.1, 0.15) is 5.75 Å². The maximum absolute atomic E-state index is 8.51. The van der Waals surface area contributed by atoms with Crippen molar-refractivity contribution in [1.82, 2.24) is 0 Å². The van der Waals surface area contributed by atoms with Crippen molar-refractivity contribution >= 4 is 0 Å². The number of rotatable bonds is 7. The summed E-state index contributed by atoms with van der Waals surface area (Å²) in [4.78, 5) is 0. The van der Waals surface area contributed by atoms with E-state index in [4.69, 9.17) is 10.00 Å². The Labute approximate surface area is 97.2 Å². The number of benzene rings is 1. The molecule has 0 aliphatic carbocycles. The van der Waals surface area contributed by atoms with E-state index in [1.807, 2.05) is 30.3 Å². The minimum atomic E-state index is 0.670. The van der Waals surface area contributed by atoms with Crippen molar-refractivity contribution < 1.29 is 4.74 Å². The zero-order valence-corrected chi connectivity index (χ0v) is 9.48. The monoisotopic (exact) mass is 215 g/mol. The van der Waals surface area contributed by atoms with Crippen LogP contribution in [-0.2, 0) is 0 Å². The molecule has 1 aromatic rings. The second kappa shape index (κ2) is 7.53. The lowest BCUT2D eigenvalue weighted by atomic mass is 10.1. The number of nitrogens with zero attached hydrogens (tertiary/aromatic N) is 1. The normalized spacial score (nSPS) is 9.44. The maximum Gasteiger partial charge on any atom is 0.119 e. The van der Waals surface area contributed by atoms with E-state index < -0.39 is 0 Å². The zero-order valence-electron chi connectivity index (χ0n) is 9.48. The molecular formula is C14H17NO. The lowest BCUT2D eigenvalue weighted by Gasteiger charge is -2.05. The molecule has 2 nitrogen and oxygen atoms in total. The van der Waals surface area contributed by atoms with Crippen LogP contribution in [0.3, 0.4) is 0 Å². The van der Waals surface area contributed by atoms with Crippen LogP contribution in [0.25, 0.3) is 0 Å². The molecule has 0 aliphatic rings. The Morgan fingerprint density at radius 1 is 1.19 bits per heavy atom. The highest BCUT2D eigenvalue weighted by molar-refractivity contribution is 5.20. The van der Waals surface area contributed by atoms with Gasteiger partial charge in [-0.2, -0.15) is 5.26 Å². The molecule has 0 N–H and O–H groups in total. The fraction of sp³-hybridized carbons (Fsp3) is 0.357. The van der Waals surface area contributed by atoms with Crippen LogP contribution in [0.2, 0.25) is 0 Å². The van der Waals surface area contributed by atoms with E-state index in [0.717, 1.165) is 38.0 Å². The SMILES string of the molecule is C=C(C#N)CCCCCOc1ccccc1. The smallest absolute Gasteiger partial charge is 0.119 e. The van der Waals surface area contributed by atoms with Gasteiger partial charge >= 0.3 is 0 Å². The number of ether oxygens (including phenoxy) is 1. The highest BCUT2D eigenvalue weighted by Gasteiger charge is 1.94. The summed E-state index contributed by atoms with van der Waals surface area (Å²) in [5.41, 5.74) is 0.670. The molecule has 0 aromatic heterocycles. The average Bonchev–Trinajstić information content (AvgIpc) is 2.34. The van der Waals surface area contributed by atoms with E-state index in [-0.39, 0.29) is 0 Å². The first kappa shape index (κ1) is 12.3. The summed E-state index contributed by atoms with van der Waals surface area (Å²) in [6.07, 6.45) is 3.92. The number of nitriles is 1. The number of hydrogen-bond donors (Lipinski definition) is 0. The predicted octanol–water partition coefficient (Wildman–Crippen LogP) is 3.71. The quantitative estimate of drug-likeness (QED) is 0.513. The first-order valence-electron chi connectivity index (χ1n) is 5.58. The molecule has 0 unspecified atom stereocenters. The third-order valence-corrected chi connectivity index (χ3v) is 2.29.